The lowest BCUT2D eigenvalue weighted by molar-refractivity contribution is -0.142. The van der Waals surface area contributed by atoms with E-state index in [1.54, 1.807) is 23.3 Å². The molecular formula is C15H22N2O3S. The molecule has 1 aliphatic carbocycles. The van der Waals surface area contributed by atoms with Crippen molar-refractivity contribution < 1.29 is 14.7 Å². The Labute approximate surface area is 129 Å². The second-order valence-corrected chi connectivity index (χ2v) is 7.08. The first-order valence-corrected chi connectivity index (χ1v) is 8.07. The Morgan fingerprint density at radius 1 is 1.33 bits per heavy atom. The van der Waals surface area contributed by atoms with Gasteiger partial charge in [-0.25, -0.2) is 4.79 Å². The van der Waals surface area contributed by atoms with Crippen LogP contribution in [-0.2, 0) is 11.3 Å². The van der Waals surface area contributed by atoms with Crippen molar-refractivity contribution in [3.8, 4) is 0 Å². The summed E-state index contributed by atoms with van der Waals surface area (Å²) in [6.07, 6.45) is 2.78. The van der Waals surface area contributed by atoms with Crippen molar-refractivity contribution in [1.29, 1.82) is 0 Å². The molecular weight excluding hydrogens is 288 g/mol. The molecule has 0 aromatic carbocycles. The van der Waals surface area contributed by atoms with Gasteiger partial charge in [0.2, 0.25) is 0 Å². The third-order valence-electron chi connectivity index (χ3n) is 3.94. The number of hydrogen-bond acceptors (Lipinski definition) is 3. The van der Waals surface area contributed by atoms with Gasteiger partial charge in [0, 0.05) is 22.8 Å². The molecule has 0 spiro atoms. The highest BCUT2D eigenvalue weighted by Gasteiger charge is 2.27. The van der Waals surface area contributed by atoms with Gasteiger partial charge < -0.3 is 15.3 Å². The van der Waals surface area contributed by atoms with Gasteiger partial charge >= 0.3 is 12.0 Å². The Morgan fingerprint density at radius 2 is 2.00 bits per heavy atom. The molecule has 2 rings (SSSR count). The Hall–Kier alpha value is -1.56. The maximum absolute atomic E-state index is 12.1. The summed E-state index contributed by atoms with van der Waals surface area (Å²) in [4.78, 5) is 27.1. The van der Waals surface area contributed by atoms with Crippen LogP contribution in [0.25, 0.3) is 0 Å². The molecule has 2 N–H and O–H groups in total. The number of thiophene rings is 1. The van der Waals surface area contributed by atoms with Crippen molar-refractivity contribution >= 4 is 23.3 Å². The molecule has 6 heteroatoms. The van der Waals surface area contributed by atoms with Crippen LogP contribution in [0, 0.1) is 12.8 Å². The van der Waals surface area contributed by atoms with Gasteiger partial charge in [0.05, 0.1) is 12.5 Å². The molecule has 1 fully saturated rings. The summed E-state index contributed by atoms with van der Waals surface area (Å²) in [6.45, 7) is 2.66. The van der Waals surface area contributed by atoms with Gasteiger partial charge in [0.15, 0.2) is 0 Å². The third-order valence-corrected chi connectivity index (χ3v) is 4.93. The Kier molecular flexibility index (Phi) is 5.22. The minimum Gasteiger partial charge on any atom is -0.481 e. The molecule has 0 atom stereocenters. The minimum atomic E-state index is -0.718. The summed E-state index contributed by atoms with van der Waals surface area (Å²) in [5.74, 6) is -0.963. The number of carbonyl (C=O) groups is 2. The fourth-order valence-corrected chi connectivity index (χ4v) is 3.59. The highest BCUT2D eigenvalue weighted by molar-refractivity contribution is 7.11. The molecule has 1 aliphatic rings. The average molecular weight is 310 g/mol. The van der Waals surface area contributed by atoms with Gasteiger partial charge in [-0.05, 0) is 44.7 Å². The molecule has 0 bridgehead atoms. The van der Waals surface area contributed by atoms with E-state index < -0.39 is 5.97 Å². The number of aliphatic carboxylic acids is 1. The van der Waals surface area contributed by atoms with Crippen molar-refractivity contribution in [3.05, 3.63) is 21.9 Å². The summed E-state index contributed by atoms with van der Waals surface area (Å²) >= 11 is 1.70. The van der Waals surface area contributed by atoms with Crippen molar-refractivity contribution in [2.75, 3.05) is 7.05 Å². The zero-order valence-electron chi connectivity index (χ0n) is 12.5. The molecule has 0 saturated heterocycles. The van der Waals surface area contributed by atoms with Crippen LogP contribution in [0.4, 0.5) is 4.79 Å². The molecule has 1 aromatic rings. The van der Waals surface area contributed by atoms with Gasteiger partial charge in [0.25, 0.3) is 0 Å². The van der Waals surface area contributed by atoms with Crippen molar-refractivity contribution in [1.82, 2.24) is 10.2 Å². The maximum atomic E-state index is 12.1. The van der Waals surface area contributed by atoms with Crippen LogP contribution in [0.2, 0.25) is 0 Å². The summed E-state index contributed by atoms with van der Waals surface area (Å²) in [6, 6.07) is 4.11. The van der Waals surface area contributed by atoms with Crippen LogP contribution in [0.3, 0.4) is 0 Å². The first-order chi connectivity index (χ1) is 9.95. The van der Waals surface area contributed by atoms with Gasteiger partial charge in [-0.2, -0.15) is 0 Å². The molecule has 21 heavy (non-hydrogen) atoms. The summed E-state index contributed by atoms with van der Waals surface area (Å²) < 4.78 is 0. The molecule has 2 amide bonds. The smallest absolute Gasteiger partial charge is 0.317 e. The molecule has 116 valence electrons. The summed E-state index contributed by atoms with van der Waals surface area (Å²) in [5.41, 5.74) is 0. The average Bonchev–Trinajstić information content (AvgIpc) is 2.84. The summed E-state index contributed by atoms with van der Waals surface area (Å²) in [7, 11) is 1.78. The van der Waals surface area contributed by atoms with E-state index in [4.69, 9.17) is 5.11 Å². The number of urea groups is 1. The highest BCUT2D eigenvalue weighted by atomic mass is 32.1. The van der Waals surface area contributed by atoms with E-state index in [2.05, 4.69) is 18.3 Å². The predicted molar refractivity (Wildman–Crippen MR) is 82.4 cm³/mol. The molecule has 0 radical (unpaired) electrons. The zero-order chi connectivity index (χ0) is 15.4. The fraction of sp³-hybridized carbons (Fsp3) is 0.600. The predicted octanol–water partition coefficient (Wildman–Crippen LogP) is 2.84. The van der Waals surface area contributed by atoms with Crippen LogP contribution in [0.1, 0.15) is 35.4 Å². The standard InChI is InChI=1S/C15H22N2O3S/c1-10-3-8-13(21-10)9-17(2)15(20)16-12-6-4-11(5-7-12)14(18)19/h3,8,11-12H,4-7,9H2,1-2H3,(H,16,20)(H,18,19). The highest BCUT2D eigenvalue weighted by Crippen LogP contribution is 2.24. The lowest BCUT2D eigenvalue weighted by atomic mass is 9.86. The number of amides is 2. The first kappa shape index (κ1) is 15.8. The van der Waals surface area contributed by atoms with Gasteiger partial charge in [-0.1, -0.05) is 0 Å². The van der Waals surface area contributed by atoms with Crippen LogP contribution >= 0.6 is 11.3 Å². The lowest BCUT2D eigenvalue weighted by Gasteiger charge is -2.28. The number of rotatable bonds is 4. The number of carboxylic acids is 1. The Balaban J connectivity index is 1.77. The van der Waals surface area contributed by atoms with Crippen molar-refractivity contribution in [2.45, 2.75) is 45.2 Å². The van der Waals surface area contributed by atoms with E-state index in [1.807, 2.05) is 6.07 Å². The normalized spacial score (nSPS) is 21.8. The van der Waals surface area contributed by atoms with Crippen molar-refractivity contribution in [2.24, 2.45) is 5.92 Å². The van der Waals surface area contributed by atoms with Gasteiger partial charge in [0.1, 0.15) is 0 Å². The number of aryl methyl sites for hydroxylation is 1. The number of carbonyl (C=O) groups excluding carboxylic acids is 1. The number of nitrogens with one attached hydrogen (secondary N) is 1. The zero-order valence-corrected chi connectivity index (χ0v) is 13.3. The third kappa shape index (κ3) is 4.46. The number of carboxylic acid groups (broad SMARTS) is 1. The topological polar surface area (TPSA) is 69.6 Å². The second kappa shape index (κ2) is 6.93. The van der Waals surface area contributed by atoms with Gasteiger partial charge in [-0.3, -0.25) is 4.79 Å². The maximum Gasteiger partial charge on any atom is 0.317 e. The first-order valence-electron chi connectivity index (χ1n) is 7.25. The fourth-order valence-electron chi connectivity index (χ4n) is 2.65. The number of nitrogens with zero attached hydrogens (tertiary/aromatic N) is 1. The number of hydrogen-bond donors (Lipinski definition) is 2. The molecule has 1 aromatic heterocycles. The molecule has 1 heterocycles. The van der Waals surface area contributed by atoms with E-state index in [-0.39, 0.29) is 18.0 Å². The van der Waals surface area contributed by atoms with E-state index in [1.165, 1.54) is 9.75 Å². The summed E-state index contributed by atoms with van der Waals surface area (Å²) in [5, 5.41) is 12.0. The SMILES string of the molecule is Cc1ccc(CN(C)C(=O)NC2CCC(C(=O)O)CC2)s1. The van der Waals surface area contributed by atoms with Crippen molar-refractivity contribution in [3.63, 3.8) is 0 Å². The van der Waals surface area contributed by atoms with Crippen LogP contribution in [0.5, 0.6) is 0 Å². The van der Waals surface area contributed by atoms with E-state index in [9.17, 15) is 9.59 Å². The monoisotopic (exact) mass is 310 g/mol. The van der Waals surface area contributed by atoms with Crippen LogP contribution in [-0.4, -0.2) is 35.1 Å². The molecule has 0 aliphatic heterocycles. The van der Waals surface area contributed by atoms with E-state index in [0.717, 1.165) is 12.8 Å². The Morgan fingerprint density at radius 3 is 2.52 bits per heavy atom. The lowest BCUT2D eigenvalue weighted by Crippen LogP contribution is -2.44. The van der Waals surface area contributed by atoms with Crippen LogP contribution in [0.15, 0.2) is 12.1 Å². The minimum absolute atomic E-state index is 0.0835. The largest absolute Gasteiger partial charge is 0.481 e. The Bertz CT molecular complexity index is 507. The van der Waals surface area contributed by atoms with E-state index in [0.29, 0.717) is 19.4 Å². The molecule has 0 unspecified atom stereocenters. The second-order valence-electron chi connectivity index (χ2n) is 5.70. The molecule has 5 nitrogen and oxygen atoms in total. The van der Waals surface area contributed by atoms with Gasteiger partial charge in [-0.15, -0.1) is 11.3 Å². The van der Waals surface area contributed by atoms with Crippen LogP contribution < -0.4 is 5.32 Å². The quantitative estimate of drug-likeness (QED) is 0.898. The van der Waals surface area contributed by atoms with E-state index >= 15 is 0 Å². The molecule has 1 saturated carbocycles.